The summed E-state index contributed by atoms with van der Waals surface area (Å²) in [5.41, 5.74) is 0. The summed E-state index contributed by atoms with van der Waals surface area (Å²) in [6, 6.07) is 0. The zero-order chi connectivity index (χ0) is 16.3. The molecule has 0 aromatic carbocycles. The van der Waals surface area contributed by atoms with Crippen molar-refractivity contribution in [3.8, 4) is 0 Å². The molecule has 1 fully saturated rings. The maximum Gasteiger partial charge on any atom is 0.472 e. The molecule has 1 saturated carbocycles. The fraction of sp³-hybridized carbons (Fsp3) is 1.00. The van der Waals surface area contributed by atoms with Gasteiger partial charge in [0.05, 0.1) is 25.0 Å². The SMILES string of the molecule is B[C@H]1C[C@H](CCP(=O)(O)O)[C@@H](OP(=O)(O)OCC)[C@H]1OC. The highest BCUT2D eigenvalue weighted by Crippen LogP contribution is 2.52. The molecule has 0 aromatic heterocycles. The Kier molecular flexibility index (Phi) is 7.10. The van der Waals surface area contributed by atoms with E-state index in [-0.39, 0.29) is 30.9 Å². The van der Waals surface area contributed by atoms with Crippen LogP contribution in [0.2, 0.25) is 5.82 Å². The van der Waals surface area contributed by atoms with E-state index >= 15 is 0 Å². The van der Waals surface area contributed by atoms with Gasteiger partial charge >= 0.3 is 15.4 Å². The van der Waals surface area contributed by atoms with Gasteiger partial charge in [-0.3, -0.25) is 13.6 Å². The predicted octanol–water partition coefficient (Wildman–Crippen LogP) is 0.533. The van der Waals surface area contributed by atoms with Gasteiger partial charge in [-0.15, -0.1) is 0 Å². The molecule has 0 heterocycles. The molecular weight excluding hydrogens is 321 g/mol. The second-order valence-corrected chi connectivity index (χ2v) is 8.49. The molecule has 5 atom stereocenters. The van der Waals surface area contributed by atoms with Crippen LogP contribution in [0.5, 0.6) is 0 Å². The zero-order valence-electron chi connectivity index (χ0n) is 12.4. The van der Waals surface area contributed by atoms with E-state index in [0.29, 0.717) is 6.42 Å². The van der Waals surface area contributed by atoms with E-state index in [0.717, 1.165) is 0 Å². The van der Waals surface area contributed by atoms with Gasteiger partial charge in [0.15, 0.2) is 0 Å². The molecule has 0 saturated heterocycles. The fourth-order valence-corrected chi connectivity index (χ4v) is 4.47. The van der Waals surface area contributed by atoms with E-state index in [1.165, 1.54) is 7.11 Å². The van der Waals surface area contributed by atoms with Crippen LogP contribution in [0.1, 0.15) is 19.8 Å². The van der Waals surface area contributed by atoms with Crippen LogP contribution < -0.4 is 0 Å². The summed E-state index contributed by atoms with van der Waals surface area (Å²) >= 11 is 0. The molecule has 0 radical (unpaired) electrons. The first-order valence-electron chi connectivity index (χ1n) is 6.82. The van der Waals surface area contributed by atoms with Gasteiger partial charge in [-0.25, -0.2) is 4.57 Å². The minimum absolute atomic E-state index is 0.0286. The predicted molar refractivity (Wildman–Crippen MR) is 79.1 cm³/mol. The molecule has 3 N–H and O–H groups in total. The molecule has 0 aliphatic heterocycles. The topological polar surface area (TPSA) is 123 Å². The molecular formula is C10H23BO8P2. The van der Waals surface area contributed by atoms with Crippen LogP contribution in [0.3, 0.4) is 0 Å². The number of hydrogen-bond acceptors (Lipinski definition) is 5. The van der Waals surface area contributed by atoms with Crippen molar-refractivity contribution in [2.24, 2.45) is 5.92 Å². The molecule has 1 unspecified atom stereocenters. The lowest BCUT2D eigenvalue weighted by Gasteiger charge is -2.26. The van der Waals surface area contributed by atoms with Crippen molar-refractivity contribution >= 4 is 23.3 Å². The van der Waals surface area contributed by atoms with Gasteiger partial charge in [0.2, 0.25) is 0 Å². The molecule has 1 aliphatic rings. The van der Waals surface area contributed by atoms with E-state index in [1.807, 2.05) is 7.85 Å². The lowest BCUT2D eigenvalue weighted by atomic mass is 9.83. The van der Waals surface area contributed by atoms with Gasteiger partial charge in [0.1, 0.15) is 7.85 Å². The van der Waals surface area contributed by atoms with Crippen molar-refractivity contribution in [2.45, 2.75) is 37.8 Å². The Balaban J connectivity index is 2.80. The number of hydrogen-bond donors (Lipinski definition) is 3. The van der Waals surface area contributed by atoms with Gasteiger partial charge in [-0.2, -0.15) is 0 Å². The standard InChI is InChI=1S/C10H23BO8P2/c1-3-18-21(15,16)19-9-7(4-5-20(12,13)14)6-8(11)10(9)17-2/h7-10H,3-6,11H2,1-2H3,(H,15,16)(H2,12,13,14)/t7-,8-,9+,10-/m0/s1. The van der Waals surface area contributed by atoms with Crippen molar-refractivity contribution in [2.75, 3.05) is 19.9 Å². The monoisotopic (exact) mass is 344 g/mol. The van der Waals surface area contributed by atoms with Crippen LogP contribution in [0.4, 0.5) is 0 Å². The molecule has 124 valence electrons. The summed E-state index contributed by atoms with van der Waals surface area (Å²) in [7, 11) is -4.92. The number of ether oxygens (including phenoxy) is 1. The molecule has 0 bridgehead atoms. The number of rotatable bonds is 8. The van der Waals surface area contributed by atoms with E-state index < -0.39 is 27.6 Å². The van der Waals surface area contributed by atoms with Gasteiger partial charge in [0, 0.05) is 7.11 Å². The molecule has 1 aliphatic carbocycles. The molecule has 0 amide bonds. The minimum Gasteiger partial charge on any atom is -0.379 e. The van der Waals surface area contributed by atoms with Crippen molar-refractivity contribution in [1.82, 2.24) is 0 Å². The van der Waals surface area contributed by atoms with Gasteiger partial charge in [0.25, 0.3) is 0 Å². The molecule has 0 spiro atoms. The zero-order valence-corrected chi connectivity index (χ0v) is 14.2. The summed E-state index contributed by atoms with van der Waals surface area (Å²) in [5.74, 6) is -0.207. The Morgan fingerprint density at radius 2 is 1.86 bits per heavy atom. The first-order chi connectivity index (χ1) is 9.59. The summed E-state index contributed by atoms with van der Waals surface area (Å²) in [5, 5.41) is 0. The molecule has 0 aromatic rings. The average molecular weight is 344 g/mol. The van der Waals surface area contributed by atoms with Gasteiger partial charge < -0.3 is 19.4 Å². The van der Waals surface area contributed by atoms with Crippen LogP contribution >= 0.6 is 15.4 Å². The lowest BCUT2D eigenvalue weighted by Crippen LogP contribution is -2.31. The van der Waals surface area contributed by atoms with Crippen LogP contribution in [0.15, 0.2) is 0 Å². The maximum absolute atomic E-state index is 11.8. The third-order valence-electron chi connectivity index (χ3n) is 3.63. The highest BCUT2D eigenvalue weighted by atomic mass is 31.2. The van der Waals surface area contributed by atoms with Crippen LogP contribution in [0.25, 0.3) is 0 Å². The van der Waals surface area contributed by atoms with E-state index in [2.05, 4.69) is 0 Å². The smallest absolute Gasteiger partial charge is 0.379 e. The van der Waals surface area contributed by atoms with Crippen LogP contribution in [0, 0.1) is 5.92 Å². The third-order valence-corrected chi connectivity index (χ3v) is 5.57. The highest BCUT2D eigenvalue weighted by Gasteiger charge is 2.45. The van der Waals surface area contributed by atoms with E-state index in [9.17, 15) is 14.0 Å². The summed E-state index contributed by atoms with van der Waals surface area (Å²) < 4.78 is 38.0. The highest BCUT2D eigenvalue weighted by molar-refractivity contribution is 7.51. The quantitative estimate of drug-likeness (QED) is 0.431. The Hall–Kier alpha value is 0.285. The minimum atomic E-state index is -4.19. The summed E-state index contributed by atoms with van der Waals surface area (Å²) in [6.45, 7) is 1.60. The van der Waals surface area contributed by atoms with Crippen LogP contribution in [-0.2, 0) is 22.9 Å². The molecule has 8 nitrogen and oxygen atoms in total. The van der Waals surface area contributed by atoms with Crippen molar-refractivity contribution in [1.29, 1.82) is 0 Å². The Labute approximate surface area is 125 Å². The van der Waals surface area contributed by atoms with Crippen LogP contribution in [-0.4, -0.2) is 54.6 Å². The third kappa shape index (κ3) is 6.12. The van der Waals surface area contributed by atoms with E-state index in [1.54, 1.807) is 6.92 Å². The van der Waals surface area contributed by atoms with Gasteiger partial charge in [-0.1, -0.05) is 0 Å². The number of phosphoric acid groups is 1. The number of methoxy groups -OCH3 is 1. The second kappa shape index (κ2) is 7.71. The number of phosphoric ester groups is 1. The first-order valence-corrected chi connectivity index (χ1v) is 10.1. The Bertz CT molecular complexity index is 427. The maximum atomic E-state index is 11.8. The lowest BCUT2D eigenvalue weighted by molar-refractivity contribution is -0.0127. The average Bonchev–Trinajstić information content (AvgIpc) is 2.60. The summed E-state index contributed by atoms with van der Waals surface area (Å²) in [4.78, 5) is 27.6. The second-order valence-electron chi connectivity index (χ2n) is 5.31. The normalized spacial score (nSPS) is 33.0. The van der Waals surface area contributed by atoms with Gasteiger partial charge in [-0.05, 0) is 31.5 Å². The van der Waals surface area contributed by atoms with Crippen molar-refractivity contribution in [3.05, 3.63) is 0 Å². The largest absolute Gasteiger partial charge is 0.472 e. The molecule has 11 heteroatoms. The van der Waals surface area contributed by atoms with Crippen molar-refractivity contribution < 1.29 is 37.6 Å². The molecule has 1 rings (SSSR count). The summed E-state index contributed by atoms with van der Waals surface area (Å²) in [6.07, 6.45) is -0.613. The van der Waals surface area contributed by atoms with Crippen molar-refractivity contribution in [3.63, 3.8) is 0 Å². The van der Waals surface area contributed by atoms with E-state index in [4.69, 9.17) is 23.6 Å². The first kappa shape index (κ1) is 19.3. The Morgan fingerprint density at radius 3 is 2.33 bits per heavy atom. The molecule has 21 heavy (non-hydrogen) atoms. The Morgan fingerprint density at radius 1 is 1.24 bits per heavy atom. The fourth-order valence-electron chi connectivity index (χ4n) is 2.81.